The lowest BCUT2D eigenvalue weighted by molar-refractivity contribution is 0.0948. The average molecular weight is 377 g/mol. The Morgan fingerprint density at radius 3 is 2.69 bits per heavy atom. The van der Waals surface area contributed by atoms with E-state index in [-0.39, 0.29) is 10.8 Å². The van der Waals surface area contributed by atoms with Crippen LogP contribution in [-0.4, -0.2) is 49.1 Å². The third kappa shape index (κ3) is 4.48. The van der Waals surface area contributed by atoms with Crippen molar-refractivity contribution in [2.24, 2.45) is 5.14 Å². The summed E-state index contributed by atoms with van der Waals surface area (Å²) in [5.41, 5.74) is 2.40. The van der Waals surface area contributed by atoms with Gasteiger partial charge in [0.2, 0.25) is 10.0 Å². The molecule has 3 N–H and O–H groups in total. The van der Waals surface area contributed by atoms with Crippen LogP contribution in [-0.2, 0) is 29.5 Å². The summed E-state index contributed by atoms with van der Waals surface area (Å²) < 4.78 is 24.4. The first-order chi connectivity index (χ1) is 12.3. The molecule has 8 nitrogen and oxygen atoms in total. The number of primary sulfonamides is 1. The van der Waals surface area contributed by atoms with E-state index in [0.29, 0.717) is 18.7 Å². The monoisotopic (exact) mass is 377 g/mol. The summed E-state index contributed by atoms with van der Waals surface area (Å²) in [6.45, 7) is 3.07. The number of carbonyl (C=O) groups excluding carboxylic acids is 1. The fraction of sp³-hybridized carbons (Fsp3) is 0.412. The number of aromatic nitrogens is 2. The molecule has 1 amide bonds. The SMILES string of the molecule is CN1CCCn2nc(C(=O)NCCc3ccc(S(N)(=O)=O)cc3)cc2C1. The van der Waals surface area contributed by atoms with Crippen LogP contribution < -0.4 is 10.5 Å². The fourth-order valence-electron chi connectivity index (χ4n) is 2.99. The maximum atomic E-state index is 12.3. The second-order valence-electron chi connectivity index (χ2n) is 6.53. The molecule has 0 bridgehead atoms. The van der Waals surface area contributed by atoms with Gasteiger partial charge in [0.1, 0.15) is 5.69 Å². The van der Waals surface area contributed by atoms with Gasteiger partial charge in [0.25, 0.3) is 5.91 Å². The molecule has 0 atom stereocenters. The molecule has 0 fully saturated rings. The maximum absolute atomic E-state index is 12.3. The first-order valence-corrected chi connectivity index (χ1v) is 10.0. The van der Waals surface area contributed by atoms with E-state index in [9.17, 15) is 13.2 Å². The van der Waals surface area contributed by atoms with Crippen LogP contribution in [0.3, 0.4) is 0 Å². The molecule has 1 aliphatic heterocycles. The number of sulfonamides is 1. The molecule has 0 saturated heterocycles. The number of fused-ring (bicyclic) bond motifs is 1. The Morgan fingerprint density at radius 2 is 2.00 bits per heavy atom. The Balaban J connectivity index is 1.55. The van der Waals surface area contributed by atoms with Crippen molar-refractivity contribution in [1.82, 2.24) is 20.0 Å². The van der Waals surface area contributed by atoms with Crippen LogP contribution in [0.2, 0.25) is 0 Å². The van der Waals surface area contributed by atoms with Crippen molar-refractivity contribution in [2.75, 3.05) is 20.1 Å². The fourth-order valence-corrected chi connectivity index (χ4v) is 3.51. The number of nitrogens with two attached hydrogens (primary N) is 1. The third-order valence-electron chi connectivity index (χ3n) is 4.39. The number of hydrogen-bond donors (Lipinski definition) is 2. The van der Waals surface area contributed by atoms with Crippen molar-refractivity contribution in [3.63, 3.8) is 0 Å². The van der Waals surface area contributed by atoms with Crippen molar-refractivity contribution in [3.8, 4) is 0 Å². The van der Waals surface area contributed by atoms with Gasteiger partial charge in [-0.25, -0.2) is 13.6 Å². The van der Waals surface area contributed by atoms with E-state index in [2.05, 4.69) is 22.4 Å². The number of amides is 1. The van der Waals surface area contributed by atoms with Gasteiger partial charge >= 0.3 is 0 Å². The zero-order chi connectivity index (χ0) is 18.7. The van der Waals surface area contributed by atoms with Crippen molar-refractivity contribution in [2.45, 2.75) is 30.8 Å². The van der Waals surface area contributed by atoms with E-state index < -0.39 is 10.0 Å². The van der Waals surface area contributed by atoms with Crippen molar-refractivity contribution >= 4 is 15.9 Å². The Kier molecular flexibility index (Phi) is 5.40. The molecule has 2 aromatic rings. The van der Waals surface area contributed by atoms with Gasteiger partial charge in [-0.05, 0) is 43.7 Å². The second-order valence-corrected chi connectivity index (χ2v) is 8.09. The molecule has 9 heteroatoms. The van der Waals surface area contributed by atoms with Crippen LogP contribution in [0.4, 0.5) is 0 Å². The van der Waals surface area contributed by atoms with Gasteiger partial charge in [-0.3, -0.25) is 9.48 Å². The molecule has 140 valence electrons. The molecule has 3 rings (SSSR count). The van der Waals surface area contributed by atoms with Gasteiger partial charge in [0, 0.05) is 26.2 Å². The molecule has 0 aliphatic carbocycles. The van der Waals surface area contributed by atoms with E-state index in [1.165, 1.54) is 12.1 Å². The number of carbonyl (C=O) groups is 1. The van der Waals surface area contributed by atoms with Crippen LogP contribution in [0.15, 0.2) is 35.2 Å². The summed E-state index contributed by atoms with van der Waals surface area (Å²) in [4.78, 5) is 14.6. The minimum atomic E-state index is -3.68. The Labute approximate surface area is 153 Å². The molecule has 0 unspecified atom stereocenters. The van der Waals surface area contributed by atoms with Gasteiger partial charge in [-0.2, -0.15) is 5.10 Å². The Hall–Kier alpha value is -2.23. The van der Waals surface area contributed by atoms with Crippen LogP contribution in [0.1, 0.15) is 28.2 Å². The normalized spacial score (nSPS) is 15.3. The van der Waals surface area contributed by atoms with Crippen LogP contribution in [0.25, 0.3) is 0 Å². The Morgan fingerprint density at radius 1 is 1.27 bits per heavy atom. The highest BCUT2D eigenvalue weighted by atomic mass is 32.2. The van der Waals surface area contributed by atoms with Gasteiger partial charge in [0.05, 0.1) is 10.6 Å². The van der Waals surface area contributed by atoms with E-state index in [4.69, 9.17) is 5.14 Å². The summed E-state index contributed by atoms with van der Waals surface area (Å²) in [5, 5.41) is 12.3. The summed E-state index contributed by atoms with van der Waals surface area (Å²) in [6.07, 6.45) is 1.60. The van der Waals surface area contributed by atoms with Crippen LogP contribution >= 0.6 is 0 Å². The van der Waals surface area contributed by atoms with E-state index in [1.54, 1.807) is 12.1 Å². The lowest BCUT2D eigenvalue weighted by Crippen LogP contribution is -2.26. The number of hydrogen-bond acceptors (Lipinski definition) is 5. The predicted octanol–water partition coefficient (Wildman–Crippen LogP) is 0.339. The first kappa shape index (κ1) is 18.6. The molecule has 1 aromatic heterocycles. The molecular weight excluding hydrogens is 354 g/mol. The minimum absolute atomic E-state index is 0.0785. The minimum Gasteiger partial charge on any atom is -0.350 e. The molecular formula is C17H23N5O3S. The van der Waals surface area contributed by atoms with Crippen LogP contribution in [0.5, 0.6) is 0 Å². The number of nitrogens with zero attached hydrogens (tertiary/aromatic N) is 3. The largest absolute Gasteiger partial charge is 0.350 e. The highest BCUT2D eigenvalue weighted by Gasteiger charge is 2.17. The second kappa shape index (κ2) is 7.56. The molecule has 26 heavy (non-hydrogen) atoms. The molecule has 0 saturated carbocycles. The molecule has 0 spiro atoms. The standard InChI is InChI=1S/C17H23N5O3S/c1-21-9-2-10-22-14(12-21)11-16(20-22)17(23)19-8-7-13-3-5-15(6-4-13)26(18,24)25/h3-6,11H,2,7-10,12H2,1H3,(H,19,23)(H2,18,24,25). The van der Waals surface area contributed by atoms with E-state index in [0.717, 1.165) is 37.3 Å². The number of rotatable bonds is 5. The molecule has 2 heterocycles. The lowest BCUT2D eigenvalue weighted by atomic mass is 10.1. The van der Waals surface area contributed by atoms with Gasteiger partial charge in [-0.15, -0.1) is 0 Å². The third-order valence-corrected chi connectivity index (χ3v) is 5.32. The molecule has 1 aromatic carbocycles. The first-order valence-electron chi connectivity index (χ1n) is 8.48. The van der Waals surface area contributed by atoms with Crippen molar-refractivity contribution in [1.29, 1.82) is 0 Å². The smallest absolute Gasteiger partial charge is 0.271 e. The average Bonchev–Trinajstić information content (AvgIpc) is 2.89. The highest BCUT2D eigenvalue weighted by Crippen LogP contribution is 2.13. The topological polar surface area (TPSA) is 110 Å². The summed E-state index contributed by atoms with van der Waals surface area (Å²) in [6, 6.07) is 8.17. The zero-order valence-corrected chi connectivity index (χ0v) is 15.5. The predicted molar refractivity (Wildman–Crippen MR) is 97.0 cm³/mol. The van der Waals surface area contributed by atoms with Crippen molar-refractivity contribution in [3.05, 3.63) is 47.3 Å². The lowest BCUT2D eigenvalue weighted by Gasteiger charge is -2.10. The summed E-state index contributed by atoms with van der Waals surface area (Å²) in [5.74, 6) is -0.200. The number of nitrogens with one attached hydrogen (secondary N) is 1. The van der Waals surface area contributed by atoms with E-state index in [1.807, 2.05) is 10.7 Å². The quantitative estimate of drug-likeness (QED) is 0.781. The van der Waals surface area contributed by atoms with Gasteiger partial charge in [-0.1, -0.05) is 12.1 Å². The maximum Gasteiger partial charge on any atom is 0.271 e. The van der Waals surface area contributed by atoms with Crippen LogP contribution in [0, 0.1) is 0 Å². The Bertz CT molecular complexity index is 890. The number of aryl methyl sites for hydroxylation is 1. The van der Waals surface area contributed by atoms with Gasteiger partial charge in [0.15, 0.2) is 0 Å². The summed E-state index contributed by atoms with van der Waals surface area (Å²) in [7, 11) is -1.62. The van der Waals surface area contributed by atoms with Crippen molar-refractivity contribution < 1.29 is 13.2 Å². The van der Waals surface area contributed by atoms with E-state index >= 15 is 0 Å². The molecule has 1 aliphatic rings. The molecule has 0 radical (unpaired) electrons. The van der Waals surface area contributed by atoms with Gasteiger partial charge < -0.3 is 10.2 Å². The highest BCUT2D eigenvalue weighted by molar-refractivity contribution is 7.89. The zero-order valence-electron chi connectivity index (χ0n) is 14.7. The number of benzene rings is 1. The summed E-state index contributed by atoms with van der Waals surface area (Å²) >= 11 is 0.